The molecule has 4 aromatic carbocycles. The van der Waals surface area contributed by atoms with Gasteiger partial charge in [-0.3, -0.25) is 19.6 Å². The largest absolute Gasteiger partial charge is 0.456 e. The molecule has 4 amide bonds. The number of carbonyl (C=O) groups excluding carboxylic acids is 3. The van der Waals surface area contributed by atoms with Crippen molar-refractivity contribution in [1.29, 1.82) is 0 Å². The third kappa shape index (κ3) is 15.2. The molecule has 83 heavy (non-hydrogen) atoms. The van der Waals surface area contributed by atoms with Crippen molar-refractivity contribution in [3.63, 3.8) is 0 Å². The average molecular weight is 1310 g/mol. The maximum Gasteiger partial charge on any atom is 0.435 e. The van der Waals surface area contributed by atoms with Crippen LogP contribution in [-0.2, 0) is 39.6 Å². The molecule has 0 spiro atoms. The minimum atomic E-state index is -4.67. The maximum absolute atomic E-state index is 14.3. The van der Waals surface area contributed by atoms with Gasteiger partial charge in [-0.15, -0.1) is 20.5 Å². The summed E-state index contributed by atoms with van der Waals surface area (Å²) in [6.45, 7) is 7.78. The highest BCUT2D eigenvalue weighted by molar-refractivity contribution is 9.10. The summed E-state index contributed by atoms with van der Waals surface area (Å²) in [7, 11) is -4.48. The zero-order valence-corrected chi connectivity index (χ0v) is 48.5. The molecule has 8 aromatic rings. The Labute approximate surface area is 483 Å². The van der Waals surface area contributed by atoms with Gasteiger partial charge < -0.3 is 15.4 Å². The van der Waals surface area contributed by atoms with Gasteiger partial charge in [-0.1, -0.05) is 38.4 Å². The molecule has 0 aliphatic carbocycles. The lowest BCUT2D eigenvalue weighted by Crippen LogP contribution is -2.35. The summed E-state index contributed by atoms with van der Waals surface area (Å²) < 4.78 is 191. The fraction of sp³-hybridized carbons (Fsp3) is 0.240. The SMILES string of the molecule is CC(C)CC(C)c1sccc1NC(=O)c1cn(C)nc1C(F)(F)F.Cc1c(Br)c2ccc(F)cc2n1S(=O)(=O)c1ncn(S(=O)(=O)N(C)C)n1.O=C(NC(=O)c1c(F)cccc1F)Nc1ccc(Oc2ccc(C(F)(F)F)cc2Cl)cc1F. The number of amides is 4. The topological polar surface area (TPSA) is 222 Å². The number of urea groups is 1. The molecule has 0 radical (unpaired) electrons. The first-order valence-electron chi connectivity index (χ1n) is 23.5. The first-order valence-corrected chi connectivity index (χ1v) is 28.4. The Bertz CT molecular complexity index is 3960. The first-order chi connectivity index (χ1) is 38.5. The minimum Gasteiger partial charge on any atom is -0.456 e. The Hall–Kier alpha value is -7.39. The molecule has 1 unspecified atom stereocenters. The van der Waals surface area contributed by atoms with Gasteiger partial charge in [-0.2, -0.15) is 52.6 Å². The van der Waals surface area contributed by atoms with Gasteiger partial charge in [-0.05, 0) is 113 Å². The lowest BCUT2D eigenvalue weighted by molar-refractivity contribution is -0.141. The highest BCUT2D eigenvalue weighted by atomic mass is 79.9. The van der Waals surface area contributed by atoms with Gasteiger partial charge in [0, 0.05) is 53.8 Å². The lowest BCUT2D eigenvalue weighted by atomic mass is 9.97. The van der Waals surface area contributed by atoms with E-state index in [2.05, 4.69) is 50.3 Å². The number of fused-ring (bicyclic) bond motifs is 1. The number of imide groups is 1. The normalized spacial score (nSPS) is 12.3. The van der Waals surface area contributed by atoms with Crippen molar-refractivity contribution in [3.8, 4) is 11.5 Å². The molecule has 18 nitrogen and oxygen atoms in total. The molecule has 3 N–H and O–H groups in total. The van der Waals surface area contributed by atoms with Crippen molar-refractivity contribution in [1.82, 2.24) is 37.5 Å². The molecule has 0 bridgehead atoms. The number of ether oxygens (including phenoxy) is 1. The number of halogens is 12. The van der Waals surface area contributed by atoms with Crippen LogP contribution < -0.4 is 20.7 Å². The number of benzene rings is 4. The van der Waals surface area contributed by atoms with E-state index >= 15 is 0 Å². The fourth-order valence-corrected chi connectivity index (χ4v) is 11.5. The van der Waals surface area contributed by atoms with Crippen LogP contribution in [0, 0.1) is 36.1 Å². The Morgan fingerprint density at radius 3 is 2.07 bits per heavy atom. The molecule has 33 heteroatoms. The number of nitrogens with one attached hydrogen (secondary N) is 3. The van der Waals surface area contributed by atoms with E-state index < -0.39 is 107 Å². The van der Waals surface area contributed by atoms with Crippen LogP contribution in [0.5, 0.6) is 11.5 Å². The molecule has 4 aromatic heterocycles. The van der Waals surface area contributed by atoms with E-state index in [1.54, 1.807) is 11.4 Å². The third-order valence-corrected chi connectivity index (χ3v) is 16.9. The Balaban J connectivity index is 0.000000203. The van der Waals surface area contributed by atoms with Crippen LogP contribution in [0.25, 0.3) is 10.9 Å². The van der Waals surface area contributed by atoms with Gasteiger partial charge in [0.2, 0.25) is 0 Å². The number of nitrogens with zero attached hydrogens (tertiary/aromatic N) is 7. The number of carbonyl (C=O) groups is 3. The number of anilines is 2. The number of aryl methyl sites for hydroxylation is 1. The quantitative estimate of drug-likeness (QED) is 0.0921. The molecule has 1 atom stereocenters. The molecular weight excluding hydrogens is 1270 g/mol. The first kappa shape index (κ1) is 64.8. The molecule has 4 heterocycles. The summed E-state index contributed by atoms with van der Waals surface area (Å²) in [6, 6.07) is 12.1. The Kier molecular flexibility index (Phi) is 20.0. The predicted molar refractivity (Wildman–Crippen MR) is 289 cm³/mol. The van der Waals surface area contributed by atoms with Gasteiger partial charge in [-0.25, -0.2) is 31.3 Å². The summed E-state index contributed by atoms with van der Waals surface area (Å²) in [5.74, 6) is -5.89. The standard InChI is InChI=1S/C21H11ClF6N2O3.C16H20F3N3OS.C13H13BrFN5O4S2/c22-12-8-10(21(26,27)28)4-7-17(12)33-11-5-6-16(15(25)9-11)29-20(32)30-19(31)18-13(23)2-1-3-14(18)24;1-9(2)7-10(3)13-12(5-6-24-13)20-15(23)11-8-22(4)21-14(11)16(17,18)19;1-8-12(14)10-5-4-9(15)6-11(10)20(8)25(21,22)13-16-7-19(17-13)26(23,24)18(2)3/h1-9H,(H2,29,30,31,32);5-6,8-10H,7H2,1-4H3,(H,20,23);4-7H,1-3H3. The van der Waals surface area contributed by atoms with E-state index in [0.717, 1.165) is 91.4 Å². The van der Waals surface area contributed by atoms with Gasteiger partial charge in [0.05, 0.1) is 33.0 Å². The van der Waals surface area contributed by atoms with Crippen molar-refractivity contribution in [2.24, 2.45) is 13.0 Å². The van der Waals surface area contributed by atoms with Crippen LogP contribution in [0.2, 0.25) is 5.02 Å². The lowest BCUT2D eigenvalue weighted by Gasteiger charge is -2.15. The highest BCUT2D eigenvalue weighted by Crippen LogP contribution is 2.39. The number of rotatable bonds is 13. The van der Waals surface area contributed by atoms with Gasteiger partial charge in [0.25, 0.3) is 17.0 Å². The van der Waals surface area contributed by atoms with E-state index in [4.69, 9.17) is 16.3 Å². The third-order valence-electron chi connectivity index (χ3n) is 11.3. The van der Waals surface area contributed by atoms with Crippen molar-refractivity contribution < 1.29 is 79.9 Å². The zero-order chi connectivity index (χ0) is 61.8. The van der Waals surface area contributed by atoms with Crippen molar-refractivity contribution >= 4 is 99.2 Å². The van der Waals surface area contributed by atoms with Crippen molar-refractivity contribution in [2.45, 2.75) is 57.5 Å². The van der Waals surface area contributed by atoms with Crippen molar-refractivity contribution in [3.05, 3.63) is 162 Å². The molecule has 0 saturated carbocycles. The predicted octanol–water partition coefficient (Wildman–Crippen LogP) is 12.8. The van der Waals surface area contributed by atoms with Crippen LogP contribution in [0.3, 0.4) is 0 Å². The van der Waals surface area contributed by atoms with E-state index in [1.807, 2.05) is 17.6 Å². The number of aromatic nitrogens is 6. The molecule has 0 aliphatic heterocycles. The van der Waals surface area contributed by atoms with Crippen LogP contribution in [0.4, 0.5) is 60.1 Å². The minimum absolute atomic E-state index is 0.0844. The number of hydrogen-bond donors (Lipinski definition) is 3. The molecule has 0 saturated heterocycles. The van der Waals surface area contributed by atoms with Gasteiger partial charge in [0.1, 0.15) is 46.7 Å². The summed E-state index contributed by atoms with van der Waals surface area (Å²) in [4.78, 5) is 40.7. The van der Waals surface area contributed by atoms with Crippen molar-refractivity contribution in [2.75, 3.05) is 24.7 Å². The molecule has 0 fully saturated rings. The molecule has 0 aliphatic rings. The number of alkyl halides is 6. The monoisotopic (exact) mass is 1310 g/mol. The fourth-order valence-electron chi connectivity index (χ4n) is 7.60. The summed E-state index contributed by atoms with van der Waals surface area (Å²) >= 11 is 10.6. The van der Waals surface area contributed by atoms with Crippen LogP contribution in [0.1, 0.15) is 75.7 Å². The zero-order valence-electron chi connectivity index (χ0n) is 43.8. The van der Waals surface area contributed by atoms with E-state index in [1.165, 1.54) is 51.5 Å². The second-order valence-electron chi connectivity index (χ2n) is 18.2. The Morgan fingerprint density at radius 2 is 1.48 bits per heavy atom. The Morgan fingerprint density at radius 1 is 0.819 bits per heavy atom. The molecule has 444 valence electrons. The number of hydrogen-bond acceptors (Lipinski definition) is 12. The van der Waals surface area contributed by atoms with Gasteiger partial charge in [0.15, 0.2) is 5.69 Å². The summed E-state index contributed by atoms with van der Waals surface area (Å²) in [5.41, 5.74) is -3.14. The molecular formula is C50H44BrClF10N10O8S3. The highest BCUT2D eigenvalue weighted by Gasteiger charge is 2.39. The van der Waals surface area contributed by atoms with E-state index in [-0.39, 0.29) is 33.7 Å². The smallest absolute Gasteiger partial charge is 0.435 e. The van der Waals surface area contributed by atoms with Crippen LogP contribution >= 0.6 is 38.9 Å². The average Bonchev–Trinajstić information content (AvgIpc) is 2.06. The van der Waals surface area contributed by atoms with Crippen LogP contribution in [0.15, 0.2) is 106 Å². The van der Waals surface area contributed by atoms with E-state index in [0.29, 0.717) is 31.6 Å². The van der Waals surface area contributed by atoms with E-state index in [9.17, 15) is 75.1 Å². The van der Waals surface area contributed by atoms with Gasteiger partial charge >= 0.3 is 38.6 Å². The maximum atomic E-state index is 14.3. The summed E-state index contributed by atoms with van der Waals surface area (Å²) in [5, 5.41) is 14.4. The molecule has 8 rings (SSSR count). The number of thiophene rings is 1. The van der Waals surface area contributed by atoms with Crippen LogP contribution in [-0.4, -0.2) is 81.0 Å². The summed E-state index contributed by atoms with van der Waals surface area (Å²) in [6.07, 6.45) is -6.47. The second kappa shape index (κ2) is 25.6. The second-order valence-corrected chi connectivity index (χ2v) is 24.0.